The van der Waals surface area contributed by atoms with Gasteiger partial charge in [0.2, 0.25) is 11.8 Å². The van der Waals surface area contributed by atoms with Crippen LogP contribution in [0.5, 0.6) is 5.88 Å². The summed E-state index contributed by atoms with van der Waals surface area (Å²) >= 11 is 14.2. The monoisotopic (exact) mass is 703 g/mol. The molecule has 12 heteroatoms. The molecule has 1 amide bonds. The first-order valence-electron chi connectivity index (χ1n) is 16.5. The Morgan fingerprint density at radius 3 is 2.63 bits per heavy atom. The van der Waals surface area contributed by atoms with Gasteiger partial charge in [-0.2, -0.15) is 0 Å². The molecule has 2 aliphatic rings. The second-order valence-corrected chi connectivity index (χ2v) is 13.2. The molecule has 256 valence electrons. The molecule has 0 radical (unpaired) electrons. The molecule has 1 aliphatic heterocycles. The molecular weight excluding hydrogens is 665 g/mol. The number of ether oxygens (including phenoxy) is 1. The zero-order chi connectivity index (χ0) is 34.5. The molecule has 2 aromatic carbocycles. The number of nitrogens with one attached hydrogen (secondary N) is 3. The highest BCUT2D eigenvalue weighted by molar-refractivity contribution is 6.39. The topological polar surface area (TPSA) is 146 Å². The number of carboxylic acid groups (broad SMARTS) is 1. The van der Waals surface area contributed by atoms with E-state index in [0.29, 0.717) is 44.9 Å². The lowest BCUT2D eigenvalue weighted by molar-refractivity contribution is -0.140. The highest BCUT2D eigenvalue weighted by Crippen LogP contribution is 2.42. The Labute approximate surface area is 295 Å². The summed E-state index contributed by atoms with van der Waals surface area (Å²) in [4.78, 5) is 32.5. The number of aromatic nitrogens is 2. The number of aliphatic hydroxyl groups excluding tert-OH is 1. The van der Waals surface area contributed by atoms with Crippen LogP contribution in [0.2, 0.25) is 10.0 Å². The molecule has 4 aromatic rings. The summed E-state index contributed by atoms with van der Waals surface area (Å²) in [5.74, 6) is -0.581. The van der Waals surface area contributed by atoms with Crippen LogP contribution in [-0.2, 0) is 22.6 Å². The van der Waals surface area contributed by atoms with Crippen molar-refractivity contribution in [3.63, 3.8) is 0 Å². The van der Waals surface area contributed by atoms with Gasteiger partial charge in [-0.1, -0.05) is 59.6 Å². The number of halogens is 2. The predicted octanol–water partition coefficient (Wildman–Crippen LogP) is 5.96. The number of methoxy groups -OCH3 is 1. The summed E-state index contributed by atoms with van der Waals surface area (Å²) in [7, 11) is 1.50. The third kappa shape index (κ3) is 7.74. The van der Waals surface area contributed by atoms with Crippen molar-refractivity contribution in [2.24, 2.45) is 0 Å². The first-order chi connectivity index (χ1) is 23.8. The molecule has 10 nitrogen and oxygen atoms in total. The molecule has 0 spiro atoms. The second kappa shape index (κ2) is 15.7. The number of aliphatic hydroxyl groups is 1. The molecule has 0 saturated carbocycles. The van der Waals surface area contributed by atoms with E-state index in [4.69, 9.17) is 27.9 Å². The Morgan fingerprint density at radius 1 is 1.06 bits per heavy atom. The van der Waals surface area contributed by atoms with Crippen LogP contribution >= 0.6 is 23.2 Å². The minimum atomic E-state index is -1.04. The maximum Gasteiger partial charge on any atom is 0.320 e. The first-order valence-corrected chi connectivity index (χ1v) is 17.2. The fourth-order valence-electron chi connectivity index (χ4n) is 6.69. The number of fused-ring (bicyclic) bond motifs is 1. The SMILES string of the molecule is COc1nc(-c2cccc(-c3ccnc(-c4ccc5c(c4)CCC[C@@H]5NC[C@H]4CCC(=O)N4)c3Cl)c2Cl)ccc1CN[C@@H](CCO)C(=O)O. The number of aryl methyl sites for hydroxylation is 1. The van der Waals surface area contributed by atoms with Crippen LogP contribution in [0.4, 0.5) is 0 Å². The van der Waals surface area contributed by atoms with Crippen molar-refractivity contribution in [3.05, 3.63) is 87.5 Å². The van der Waals surface area contributed by atoms with Gasteiger partial charge < -0.3 is 30.9 Å². The van der Waals surface area contributed by atoms with E-state index in [1.165, 1.54) is 18.2 Å². The van der Waals surface area contributed by atoms with Gasteiger partial charge in [0.15, 0.2) is 0 Å². The maximum absolute atomic E-state index is 11.6. The summed E-state index contributed by atoms with van der Waals surface area (Å²) in [6.45, 7) is 0.706. The van der Waals surface area contributed by atoms with Crippen molar-refractivity contribution < 1.29 is 24.5 Å². The van der Waals surface area contributed by atoms with E-state index in [1.54, 1.807) is 6.20 Å². The van der Waals surface area contributed by atoms with Crippen LogP contribution in [0.25, 0.3) is 33.6 Å². The Kier molecular flexibility index (Phi) is 11.1. The smallest absolute Gasteiger partial charge is 0.320 e. The average molecular weight is 705 g/mol. The molecule has 5 N–H and O–H groups in total. The van der Waals surface area contributed by atoms with Crippen molar-refractivity contribution in [2.45, 2.75) is 63.2 Å². The number of carbonyl (C=O) groups is 2. The average Bonchev–Trinajstić information content (AvgIpc) is 3.53. The summed E-state index contributed by atoms with van der Waals surface area (Å²) in [5, 5.41) is 29.2. The number of aliphatic carboxylic acids is 1. The molecule has 1 aliphatic carbocycles. The van der Waals surface area contributed by atoms with E-state index in [0.717, 1.165) is 48.9 Å². The van der Waals surface area contributed by atoms with Gasteiger partial charge in [-0.3, -0.25) is 14.6 Å². The van der Waals surface area contributed by atoms with Crippen molar-refractivity contribution in [2.75, 3.05) is 20.3 Å². The molecule has 1 saturated heterocycles. The molecule has 0 bridgehead atoms. The predicted molar refractivity (Wildman–Crippen MR) is 190 cm³/mol. The highest BCUT2D eigenvalue weighted by Gasteiger charge is 2.26. The van der Waals surface area contributed by atoms with Gasteiger partial charge in [-0.15, -0.1) is 0 Å². The molecule has 2 aromatic heterocycles. The van der Waals surface area contributed by atoms with E-state index in [1.807, 2.05) is 36.4 Å². The summed E-state index contributed by atoms with van der Waals surface area (Å²) < 4.78 is 5.55. The quantitative estimate of drug-likeness (QED) is 0.114. The number of nitrogens with zero attached hydrogens (tertiary/aromatic N) is 2. The van der Waals surface area contributed by atoms with Crippen LogP contribution in [0, 0.1) is 0 Å². The zero-order valence-corrected chi connectivity index (χ0v) is 28.7. The number of hydrogen-bond acceptors (Lipinski definition) is 8. The molecule has 49 heavy (non-hydrogen) atoms. The third-order valence-corrected chi connectivity index (χ3v) is 10.1. The van der Waals surface area contributed by atoms with E-state index >= 15 is 0 Å². The Morgan fingerprint density at radius 2 is 1.88 bits per heavy atom. The first kappa shape index (κ1) is 34.8. The van der Waals surface area contributed by atoms with E-state index in [9.17, 15) is 19.8 Å². The molecule has 0 unspecified atom stereocenters. The Hall–Kier alpha value is -4.06. The van der Waals surface area contributed by atoms with Crippen LogP contribution < -0.4 is 20.7 Å². The fraction of sp³-hybridized carbons (Fsp3) is 0.351. The second-order valence-electron chi connectivity index (χ2n) is 12.4. The largest absolute Gasteiger partial charge is 0.481 e. The summed E-state index contributed by atoms with van der Waals surface area (Å²) in [6, 6.07) is 17.1. The van der Waals surface area contributed by atoms with Gasteiger partial charge in [-0.25, -0.2) is 4.98 Å². The number of pyridine rings is 2. The molecule has 3 heterocycles. The van der Waals surface area contributed by atoms with Gasteiger partial charge in [0.25, 0.3) is 0 Å². The number of amides is 1. The lowest BCUT2D eigenvalue weighted by atomic mass is 9.86. The van der Waals surface area contributed by atoms with Crippen LogP contribution in [0.3, 0.4) is 0 Å². The van der Waals surface area contributed by atoms with Crippen LogP contribution in [0.1, 0.15) is 54.8 Å². The van der Waals surface area contributed by atoms with Gasteiger partial charge in [0.1, 0.15) is 6.04 Å². The minimum absolute atomic E-state index is 0.0819. The van der Waals surface area contributed by atoms with Gasteiger partial charge >= 0.3 is 5.97 Å². The van der Waals surface area contributed by atoms with E-state index in [-0.39, 0.29) is 37.6 Å². The van der Waals surface area contributed by atoms with Crippen LogP contribution in [0.15, 0.2) is 60.8 Å². The number of carbonyl (C=O) groups excluding carboxylic acids is 1. The highest BCUT2D eigenvalue weighted by atomic mass is 35.5. The molecule has 6 rings (SSSR count). The lowest BCUT2D eigenvalue weighted by Gasteiger charge is -2.28. The lowest BCUT2D eigenvalue weighted by Crippen LogP contribution is -2.38. The molecule has 3 atom stereocenters. The summed E-state index contributed by atoms with van der Waals surface area (Å²) in [6.07, 6.45) is 6.38. The van der Waals surface area contributed by atoms with E-state index < -0.39 is 12.0 Å². The van der Waals surface area contributed by atoms with Gasteiger partial charge in [-0.05, 0) is 61.4 Å². The fourth-order valence-corrected chi connectivity index (χ4v) is 7.33. The zero-order valence-electron chi connectivity index (χ0n) is 27.1. The number of carboxylic acids is 1. The van der Waals surface area contributed by atoms with Gasteiger partial charge in [0, 0.05) is 72.2 Å². The maximum atomic E-state index is 11.6. The Bertz CT molecular complexity index is 1850. The normalized spacial score (nSPS) is 17.8. The van der Waals surface area contributed by atoms with E-state index in [2.05, 4.69) is 44.1 Å². The van der Waals surface area contributed by atoms with Crippen molar-refractivity contribution in [3.8, 4) is 39.5 Å². The number of hydrogen-bond donors (Lipinski definition) is 5. The third-order valence-electron chi connectivity index (χ3n) is 9.27. The van der Waals surface area contributed by atoms with Crippen LogP contribution in [-0.4, -0.2) is 64.4 Å². The number of rotatable bonds is 13. The standard InChI is InChI=1S/C37H39Cl2N5O5/c1-49-36-23(19-41-31(15-17-45)37(47)48)9-12-30(44-36)28-6-3-5-26(33(28)38)27-14-16-40-35(34(27)39)22-8-11-25-21(18-22)4-2-7-29(25)42-20-24-10-13-32(46)43-24/h3,5-6,8-9,11-12,14,16,18,24,29,31,41-42,45H,2,4,7,10,13,15,17,19-20H2,1H3,(H,43,46)(H,47,48)/t24-,29+,31+/m1/s1. The van der Waals surface area contributed by atoms with Crippen molar-refractivity contribution in [1.82, 2.24) is 25.9 Å². The molecule has 1 fully saturated rings. The van der Waals surface area contributed by atoms with Crippen molar-refractivity contribution in [1.29, 1.82) is 0 Å². The van der Waals surface area contributed by atoms with Gasteiger partial charge in [0.05, 0.1) is 28.5 Å². The Balaban J connectivity index is 1.24. The molecular formula is C37H39Cl2N5O5. The minimum Gasteiger partial charge on any atom is -0.481 e. The number of benzene rings is 2. The summed E-state index contributed by atoms with van der Waals surface area (Å²) in [5.41, 5.74) is 7.55. The van der Waals surface area contributed by atoms with Crippen molar-refractivity contribution >= 4 is 35.1 Å².